The summed E-state index contributed by atoms with van der Waals surface area (Å²) in [5.74, 6) is -0.926. The lowest BCUT2D eigenvalue weighted by Crippen LogP contribution is -2.71. The molecule has 3 saturated carbocycles. The summed E-state index contributed by atoms with van der Waals surface area (Å²) in [5.41, 5.74) is 3.89. The van der Waals surface area contributed by atoms with E-state index in [4.69, 9.17) is 4.74 Å². The van der Waals surface area contributed by atoms with Crippen molar-refractivity contribution in [1.29, 1.82) is 0 Å². The largest absolute Gasteiger partial charge is 0.481 e. The third-order valence-electron chi connectivity index (χ3n) is 8.45. The number of carboxylic acids is 1. The number of aliphatic carboxylic acids is 1. The highest BCUT2D eigenvalue weighted by Gasteiger charge is 2.65. The number of carbonyl (C=O) groups excluding carboxylic acids is 1. The van der Waals surface area contributed by atoms with Gasteiger partial charge in [0.25, 0.3) is 0 Å². The van der Waals surface area contributed by atoms with Crippen molar-refractivity contribution in [3.63, 3.8) is 0 Å². The molecule has 0 aromatic heterocycles. The van der Waals surface area contributed by atoms with Crippen LogP contribution in [0.2, 0.25) is 0 Å². The normalized spacial score (nSPS) is 30.0. The van der Waals surface area contributed by atoms with Gasteiger partial charge in [-0.15, -0.1) is 0 Å². The van der Waals surface area contributed by atoms with Gasteiger partial charge < -0.3 is 15.2 Å². The van der Waals surface area contributed by atoms with Crippen LogP contribution in [0.1, 0.15) is 50.7 Å². The highest BCUT2D eigenvalue weighted by Crippen LogP contribution is 2.64. The van der Waals surface area contributed by atoms with Crippen LogP contribution in [-0.4, -0.2) is 29.3 Å². The highest BCUT2D eigenvalue weighted by molar-refractivity contribution is 5.79. The maximum Gasteiger partial charge on any atom is 0.407 e. The van der Waals surface area contributed by atoms with Crippen molar-refractivity contribution in [2.24, 2.45) is 23.2 Å². The molecule has 2 bridgehead atoms. The molecule has 0 unspecified atom stereocenters. The number of fused-ring (bicyclic) bond motifs is 5. The maximum absolute atomic E-state index is 12.9. The van der Waals surface area contributed by atoms with Gasteiger partial charge in [0.05, 0.1) is 11.5 Å². The molecule has 2 aromatic rings. The van der Waals surface area contributed by atoms with Crippen molar-refractivity contribution in [2.75, 3.05) is 6.61 Å². The number of carboxylic acid groups (broad SMARTS) is 1. The standard InChI is InChI=1S/C26H29NO4/c1-25(2)15-12-21(23(28)29)26(3,22(25)13-15)27-24(30)31-14-20-18-10-6-4-8-16(18)17-9-5-7-11-19(17)20/h4-11,15,20-22H,12-14H2,1-3H3,(H,27,30)(H,28,29)/t15-,21+,22+,26-/m1/s1. The lowest BCUT2D eigenvalue weighted by atomic mass is 9.41. The van der Waals surface area contributed by atoms with E-state index in [2.05, 4.69) is 43.4 Å². The molecule has 0 aliphatic heterocycles. The summed E-state index contributed by atoms with van der Waals surface area (Å²) >= 11 is 0. The van der Waals surface area contributed by atoms with E-state index in [0.717, 1.165) is 17.5 Å². The Balaban J connectivity index is 1.34. The van der Waals surface area contributed by atoms with Crippen molar-refractivity contribution in [2.45, 2.75) is 45.1 Å². The van der Waals surface area contributed by atoms with Gasteiger partial charge in [-0.3, -0.25) is 4.79 Å². The van der Waals surface area contributed by atoms with E-state index in [1.54, 1.807) is 0 Å². The maximum atomic E-state index is 12.9. The van der Waals surface area contributed by atoms with Crippen LogP contribution in [0.3, 0.4) is 0 Å². The number of hydrogen-bond donors (Lipinski definition) is 2. The van der Waals surface area contributed by atoms with E-state index in [1.165, 1.54) is 11.1 Å². The molecule has 2 N–H and O–H groups in total. The van der Waals surface area contributed by atoms with E-state index in [-0.39, 0.29) is 23.9 Å². The number of amides is 1. The van der Waals surface area contributed by atoms with Crippen molar-refractivity contribution >= 4 is 12.1 Å². The van der Waals surface area contributed by atoms with E-state index < -0.39 is 23.5 Å². The van der Waals surface area contributed by atoms with Gasteiger partial charge in [-0.05, 0) is 59.3 Å². The Kier molecular flexibility index (Phi) is 4.44. The fourth-order valence-electron chi connectivity index (χ4n) is 6.59. The Morgan fingerprint density at radius 1 is 1.00 bits per heavy atom. The van der Waals surface area contributed by atoms with Crippen LogP contribution in [-0.2, 0) is 9.53 Å². The molecule has 6 rings (SSSR count). The molecule has 31 heavy (non-hydrogen) atoms. The number of hydrogen-bond acceptors (Lipinski definition) is 3. The average molecular weight is 420 g/mol. The number of ether oxygens (including phenoxy) is 1. The van der Waals surface area contributed by atoms with Gasteiger partial charge >= 0.3 is 12.1 Å². The minimum atomic E-state index is -0.841. The van der Waals surface area contributed by atoms with E-state index in [1.807, 2.05) is 31.2 Å². The molecule has 4 aliphatic carbocycles. The third-order valence-corrected chi connectivity index (χ3v) is 8.45. The minimum Gasteiger partial charge on any atom is -0.481 e. The van der Waals surface area contributed by atoms with Crippen molar-refractivity contribution in [3.8, 4) is 11.1 Å². The first-order chi connectivity index (χ1) is 14.7. The molecule has 1 amide bonds. The van der Waals surface area contributed by atoms with Gasteiger partial charge in [-0.1, -0.05) is 62.4 Å². The second-order valence-electron chi connectivity index (χ2n) is 10.2. The zero-order chi connectivity index (χ0) is 22.0. The molecule has 4 atom stereocenters. The predicted octanol–water partition coefficient (Wildman–Crippen LogP) is 5.05. The van der Waals surface area contributed by atoms with Gasteiger partial charge in [-0.2, -0.15) is 0 Å². The molecule has 0 heterocycles. The van der Waals surface area contributed by atoms with Crippen LogP contribution in [0, 0.1) is 23.2 Å². The van der Waals surface area contributed by atoms with E-state index in [9.17, 15) is 14.7 Å². The first-order valence-electron chi connectivity index (χ1n) is 11.1. The molecular weight excluding hydrogens is 390 g/mol. The van der Waals surface area contributed by atoms with Crippen LogP contribution in [0.15, 0.2) is 48.5 Å². The van der Waals surface area contributed by atoms with Gasteiger partial charge in [0.1, 0.15) is 6.61 Å². The summed E-state index contributed by atoms with van der Waals surface area (Å²) in [6.45, 7) is 6.47. The highest BCUT2D eigenvalue weighted by atomic mass is 16.5. The first kappa shape index (κ1) is 20.1. The van der Waals surface area contributed by atoms with Crippen LogP contribution in [0.4, 0.5) is 4.79 Å². The molecule has 2 aromatic carbocycles. The van der Waals surface area contributed by atoms with Crippen LogP contribution in [0.25, 0.3) is 11.1 Å². The minimum absolute atomic E-state index is 0.0166. The molecule has 0 spiro atoms. The smallest absolute Gasteiger partial charge is 0.407 e. The van der Waals surface area contributed by atoms with Crippen LogP contribution in [0.5, 0.6) is 0 Å². The zero-order valence-corrected chi connectivity index (χ0v) is 18.2. The fraction of sp³-hybridized carbons (Fsp3) is 0.462. The molecule has 0 radical (unpaired) electrons. The van der Waals surface area contributed by atoms with Gasteiger partial charge in [0.15, 0.2) is 0 Å². The lowest BCUT2D eigenvalue weighted by Gasteiger charge is -2.66. The SMILES string of the molecule is CC1(C)[C@@H]2C[C@@H](C(=O)O)[C@@](C)(NC(=O)OCC3c4ccccc4-c4ccccc43)[C@H]1C2. The molecule has 3 fully saturated rings. The molecule has 4 aliphatic rings. The van der Waals surface area contributed by atoms with E-state index in [0.29, 0.717) is 12.3 Å². The number of rotatable bonds is 4. The Labute approximate surface area is 182 Å². The zero-order valence-electron chi connectivity index (χ0n) is 18.2. The number of benzene rings is 2. The summed E-state index contributed by atoms with van der Waals surface area (Å²) in [4.78, 5) is 24.9. The topological polar surface area (TPSA) is 75.6 Å². The molecule has 0 saturated heterocycles. The first-order valence-corrected chi connectivity index (χ1v) is 11.1. The Bertz CT molecular complexity index is 1020. The predicted molar refractivity (Wildman–Crippen MR) is 118 cm³/mol. The molecular formula is C26H29NO4. The average Bonchev–Trinajstić information content (AvgIpc) is 3.05. The molecule has 5 nitrogen and oxygen atoms in total. The fourth-order valence-corrected chi connectivity index (χ4v) is 6.59. The summed E-state index contributed by atoms with van der Waals surface area (Å²) in [5, 5.41) is 12.8. The van der Waals surface area contributed by atoms with Gasteiger partial charge in [0.2, 0.25) is 0 Å². The van der Waals surface area contributed by atoms with Crippen molar-refractivity contribution in [1.82, 2.24) is 5.32 Å². The van der Waals surface area contributed by atoms with Gasteiger partial charge in [-0.25, -0.2) is 4.79 Å². The summed E-state index contributed by atoms with van der Waals surface area (Å²) < 4.78 is 5.73. The second kappa shape index (κ2) is 6.84. The summed E-state index contributed by atoms with van der Waals surface area (Å²) in [7, 11) is 0. The molecule has 162 valence electrons. The Morgan fingerprint density at radius 2 is 1.58 bits per heavy atom. The van der Waals surface area contributed by atoms with Crippen LogP contribution >= 0.6 is 0 Å². The number of nitrogens with one attached hydrogen (secondary N) is 1. The Morgan fingerprint density at radius 3 is 2.13 bits per heavy atom. The van der Waals surface area contributed by atoms with Crippen LogP contribution < -0.4 is 5.32 Å². The quantitative estimate of drug-likeness (QED) is 0.727. The van der Waals surface area contributed by atoms with E-state index >= 15 is 0 Å². The lowest BCUT2D eigenvalue weighted by molar-refractivity contribution is -0.177. The molecule has 5 heteroatoms. The van der Waals surface area contributed by atoms with Gasteiger partial charge in [0, 0.05) is 5.92 Å². The number of alkyl carbamates (subject to hydrolysis) is 1. The summed E-state index contributed by atoms with van der Waals surface area (Å²) in [6.07, 6.45) is 1.02. The summed E-state index contributed by atoms with van der Waals surface area (Å²) in [6, 6.07) is 16.4. The second-order valence-corrected chi connectivity index (χ2v) is 10.2. The number of carbonyl (C=O) groups is 2. The van der Waals surface area contributed by atoms with Crippen molar-refractivity contribution in [3.05, 3.63) is 59.7 Å². The third kappa shape index (κ3) is 2.89. The Hall–Kier alpha value is -2.82. The monoisotopic (exact) mass is 419 g/mol. The van der Waals surface area contributed by atoms with Crippen molar-refractivity contribution < 1.29 is 19.4 Å².